The number of ether oxygens (including phenoxy) is 1. The molecule has 96 valence electrons. The number of hydrogen-bond donors (Lipinski definition) is 1. The van der Waals surface area contributed by atoms with Gasteiger partial charge in [0.15, 0.2) is 0 Å². The fourth-order valence-corrected chi connectivity index (χ4v) is 3.41. The average Bonchev–Trinajstić information content (AvgIpc) is 3.06. The highest BCUT2D eigenvalue weighted by Gasteiger charge is 2.65. The van der Waals surface area contributed by atoms with Crippen LogP contribution in [-0.4, -0.2) is 18.2 Å². The van der Waals surface area contributed by atoms with E-state index in [9.17, 15) is 9.90 Å². The van der Waals surface area contributed by atoms with Crippen LogP contribution in [0.15, 0.2) is 18.2 Å². The van der Waals surface area contributed by atoms with Gasteiger partial charge < -0.3 is 9.84 Å². The molecule has 1 spiro atoms. The van der Waals surface area contributed by atoms with Crippen LogP contribution in [0.2, 0.25) is 0 Å². The largest absolute Gasteiger partial charge is 0.496 e. The van der Waals surface area contributed by atoms with Gasteiger partial charge in [0.25, 0.3) is 0 Å². The molecule has 2 fully saturated rings. The lowest BCUT2D eigenvalue weighted by atomic mass is 9.56. The Bertz CT molecular complexity index is 506. The smallest absolute Gasteiger partial charge is 0.314 e. The van der Waals surface area contributed by atoms with Crippen molar-refractivity contribution < 1.29 is 14.6 Å². The van der Waals surface area contributed by atoms with Crippen molar-refractivity contribution in [3.8, 4) is 5.75 Å². The zero-order chi connectivity index (χ0) is 13.0. The predicted molar refractivity (Wildman–Crippen MR) is 67.9 cm³/mol. The zero-order valence-electron chi connectivity index (χ0n) is 10.8. The molecule has 0 bridgehead atoms. The summed E-state index contributed by atoms with van der Waals surface area (Å²) in [5.74, 6) is 0.00225. The molecule has 3 rings (SSSR count). The molecule has 2 aliphatic rings. The van der Waals surface area contributed by atoms with Crippen molar-refractivity contribution in [1.29, 1.82) is 0 Å². The summed E-state index contributed by atoms with van der Waals surface area (Å²) in [4.78, 5) is 11.7. The molecule has 1 N–H and O–H groups in total. The van der Waals surface area contributed by atoms with Crippen LogP contribution < -0.4 is 4.74 Å². The Balaban J connectivity index is 2.05. The Morgan fingerprint density at radius 3 is 2.50 bits per heavy atom. The highest BCUT2D eigenvalue weighted by atomic mass is 16.5. The number of carboxylic acid groups (broad SMARTS) is 1. The highest BCUT2D eigenvalue weighted by Crippen LogP contribution is 2.69. The number of benzene rings is 1. The van der Waals surface area contributed by atoms with Gasteiger partial charge in [0.05, 0.1) is 12.5 Å². The van der Waals surface area contributed by atoms with Crippen LogP contribution in [0.5, 0.6) is 5.75 Å². The fraction of sp³-hybridized carbons (Fsp3) is 0.533. The van der Waals surface area contributed by atoms with Gasteiger partial charge in [-0.15, -0.1) is 0 Å². The lowest BCUT2D eigenvalue weighted by Crippen LogP contribution is -2.49. The van der Waals surface area contributed by atoms with E-state index in [1.165, 1.54) is 12.8 Å². The molecule has 0 amide bonds. The minimum atomic E-state index is -0.714. The third-order valence-electron chi connectivity index (χ3n) is 4.59. The number of methoxy groups -OCH3 is 1. The van der Waals surface area contributed by atoms with Crippen molar-refractivity contribution in [2.24, 2.45) is 5.41 Å². The molecular formula is C15H18O3. The van der Waals surface area contributed by atoms with Gasteiger partial charge >= 0.3 is 5.97 Å². The van der Waals surface area contributed by atoms with Crippen molar-refractivity contribution in [3.05, 3.63) is 29.3 Å². The summed E-state index contributed by atoms with van der Waals surface area (Å²) < 4.78 is 5.36. The molecule has 2 saturated carbocycles. The molecule has 0 atom stereocenters. The Hall–Kier alpha value is -1.51. The summed E-state index contributed by atoms with van der Waals surface area (Å²) in [6.07, 6.45) is 3.93. The van der Waals surface area contributed by atoms with E-state index in [1.807, 2.05) is 25.1 Å². The summed E-state index contributed by atoms with van der Waals surface area (Å²) in [5.41, 5.74) is 1.57. The van der Waals surface area contributed by atoms with Gasteiger partial charge in [-0.1, -0.05) is 17.7 Å². The van der Waals surface area contributed by atoms with Gasteiger partial charge in [-0.25, -0.2) is 0 Å². The van der Waals surface area contributed by atoms with E-state index in [4.69, 9.17) is 4.74 Å². The molecule has 0 aliphatic heterocycles. The molecule has 3 nitrogen and oxygen atoms in total. The maximum atomic E-state index is 11.7. The second-order valence-corrected chi connectivity index (χ2v) is 5.94. The van der Waals surface area contributed by atoms with Gasteiger partial charge in [-0.3, -0.25) is 4.79 Å². The molecule has 0 radical (unpaired) electrons. The normalized spacial score (nSPS) is 22.3. The number of carbonyl (C=O) groups is 1. The predicted octanol–water partition coefficient (Wildman–Crippen LogP) is 2.90. The van der Waals surface area contributed by atoms with E-state index in [2.05, 4.69) is 0 Å². The Morgan fingerprint density at radius 1 is 1.33 bits per heavy atom. The van der Waals surface area contributed by atoms with Crippen molar-refractivity contribution in [2.75, 3.05) is 7.11 Å². The van der Waals surface area contributed by atoms with Gasteiger partial charge in [0.2, 0.25) is 0 Å². The van der Waals surface area contributed by atoms with Gasteiger partial charge in [-0.2, -0.15) is 0 Å². The molecule has 1 aromatic carbocycles. The summed E-state index contributed by atoms with van der Waals surface area (Å²) >= 11 is 0. The first-order valence-electron chi connectivity index (χ1n) is 6.40. The van der Waals surface area contributed by atoms with Crippen molar-refractivity contribution in [2.45, 2.75) is 38.0 Å². The lowest BCUT2D eigenvalue weighted by molar-refractivity contribution is -0.150. The van der Waals surface area contributed by atoms with E-state index in [0.29, 0.717) is 11.2 Å². The average molecular weight is 246 g/mol. The van der Waals surface area contributed by atoms with E-state index < -0.39 is 11.4 Å². The third-order valence-corrected chi connectivity index (χ3v) is 4.59. The number of aryl methyl sites for hydroxylation is 1. The molecule has 0 saturated heterocycles. The first kappa shape index (κ1) is 11.6. The molecule has 1 aromatic rings. The van der Waals surface area contributed by atoms with Crippen molar-refractivity contribution >= 4 is 5.97 Å². The third kappa shape index (κ3) is 1.46. The first-order chi connectivity index (χ1) is 8.51. The van der Waals surface area contributed by atoms with Gasteiger partial charge in [0.1, 0.15) is 5.75 Å². The van der Waals surface area contributed by atoms with Crippen LogP contribution in [0.3, 0.4) is 0 Å². The number of rotatable bonds is 3. The van der Waals surface area contributed by atoms with Crippen LogP contribution >= 0.6 is 0 Å². The zero-order valence-corrected chi connectivity index (χ0v) is 10.8. The molecule has 18 heavy (non-hydrogen) atoms. The minimum Gasteiger partial charge on any atom is -0.496 e. The summed E-state index contributed by atoms with van der Waals surface area (Å²) in [6.45, 7) is 1.99. The van der Waals surface area contributed by atoms with E-state index in [0.717, 1.165) is 24.0 Å². The summed E-state index contributed by atoms with van der Waals surface area (Å²) in [6, 6.07) is 5.82. The Labute approximate surface area is 107 Å². The van der Waals surface area contributed by atoms with Crippen LogP contribution in [0, 0.1) is 12.3 Å². The molecule has 0 heterocycles. The second kappa shape index (κ2) is 3.50. The topological polar surface area (TPSA) is 46.5 Å². The van der Waals surface area contributed by atoms with Crippen molar-refractivity contribution in [3.63, 3.8) is 0 Å². The van der Waals surface area contributed by atoms with Crippen LogP contribution in [0.25, 0.3) is 0 Å². The Kier molecular flexibility index (Phi) is 2.25. The van der Waals surface area contributed by atoms with E-state index in [1.54, 1.807) is 7.11 Å². The maximum Gasteiger partial charge on any atom is 0.314 e. The first-order valence-corrected chi connectivity index (χ1v) is 6.40. The molecule has 3 heteroatoms. The second-order valence-electron chi connectivity index (χ2n) is 5.94. The molecule has 0 unspecified atom stereocenters. The standard InChI is InChI=1S/C15H18O3/c1-10-3-4-12(18-2)11(7-10)15(13(16)17)8-14(9-15)5-6-14/h3-4,7H,5-6,8-9H2,1-2H3,(H,16,17). The SMILES string of the molecule is COc1ccc(C)cc1C1(C(=O)O)CC2(CC2)C1. The number of aliphatic carboxylic acids is 1. The molecule has 2 aliphatic carbocycles. The Morgan fingerprint density at radius 2 is 2.00 bits per heavy atom. The fourth-order valence-electron chi connectivity index (χ4n) is 3.41. The van der Waals surface area contributed by atoms with E-state index >= 15 is 0 Å². The quantitative estimate of drug-likeness (QED) is 0.892. The van der Waals surface area contributed by atoms with Crippen LogP contribution in [-0.2, 0) is 10.2 Å². The summed E-state index contributed by atoms with van der Waals surface area (Å²) in [7, 11) is 1.61. The lowest BCUT2D eigenvalue weighted by Gasteiger charge is -2.46. The monoisotopic (exact) mass is 246 g/mol. The number of carboxylic acids is 1. The van der Waals surface area contributed by atoms with Crippen molar-refractivity contribution in [1.82, 2.24) is 0 Å². The maximum absolute atomic E-state index is 11.7. The van der Waals surface area contributed by atoms with Crippen LogP contribution in [0.4, 0.5) is 0 Å². The molecule has 0 aromatic heterocycles. The van der Waals surface area contributed by atoms with Gasteiger partial charge in [0, 0.05) is 5.56 Å². The number of hydrogen-bond acceptors (Lipinski definition) is 2. The molecular weight excluding hydrogens is 228 g/mol. The van der Waals surface area contributed by atoms with Gasteiger partial charge in [-0.05, 0) is 44.1 Å². The van der Waals surface area contributed by atoms with Crippen LogP contribution in [0.1, 0.15) is 36.8 Å². The summed E-state index contributed by atoms with van der Waals surface area (Å²) in [5, 5.41) is 9.65. The van der Waals surface area contributed by atoms with E-state index in [-0.39, 0.29) is 0 Å². The highest BCUT2D eigenvalue weighted by molar-refractivity contribution is 5.84. The minimum absolute atomic E-state index is 0.340.